The molecule has 0 aromatic heterocycles. The summed E-state index contributed by atoms with van der Waals surface area (Å²) >= 11 is 7.08. The first-order valence-corrected chi connectivity index (χ1v) is 4.40. The predicted molar refractivity (Wildman–Crippen MR) is 50.8 cm³/mol. The summed E-state index contributed by atoms with van der Waals surface area (Å²) in [7, 11) is 0. The lowest BCUT2D eigenvalue weighted by Gasteiger charge is -1.94. The van der Waals surface area contributed by atoms with Crippen molar-refractivity contribution in [3.05, 3.63) is 23.9 Å². The zero-order valence-corrected chi connectivity index (χ0v) is 7.67. The lowest BCUT2D eigenvalue weighted by molar-refractivity contribution is 1.54. The third-order valence-corrected chi connectivity index (χ3v) is 1.80. The van der Waals surface area contributed by atoms with E-state index in [4.69, 9.17) is 11.6 Å². The predicted octanol–water partition coefficient (Wildman–Crippen LogP) is 3.03. The molecule has 0 fully saturated rings. The largest absolute Gasteiger partial charge is 0.249 e. The third kappa shape index (κ3) is 3.75. The fraction of sp³-hybridized carbons (Fsp3) is 0.286. The lowest BCUT2D eigenvalue weighted by Crippen LogP contribution is -1.87. The number of hydrogen-bond donors (Lipinski definition) is 0. The molecular weight excluding hydrogens is 166 g/mol. The van der Waals surface area contributed by atoms with Crippen LogP contribution in [-0.4, -0.2) is 11.3 Å². The third-order valence-electron chi connectivity index (χ3n) is 0.766. The average Bonchev–Trinajstić information content (AvgIpc) is 1.89. The molecule has 0 N–H and O–H groups in total. The van der Waals surface area contributed by atoms with Crippen LogP contribution in [0, 0.1) is 0 Å². The van der Waals surface area contributed by atoms with Crippen LogP contribution in [0.2, 0.25) is 0 Å². The van der Waals surface area contributed by atoms with Crippen molar-refractivity contribution in [3.63, 3.8) is 0 Å². The molecule has 0 radical (unpaired) electrons. The van der Waals surface area contributed by atoms with E-state index in [0.29, 0.717) is 5.03 Å². The molecule has 0 saturated carbocycles. The summed E-state index contributed by atoms with van der Waals surface area (Å²) in [5.41, 5.74) is 0. The molecule has 0 unspecified atom stereocenters. The van der Waals surface area contributed by atoms with E-state index in [1.807, 2.05) is 19.3 Å². The van der Waals surface area contributed by atoms with Gasteiger partial charge in [-0.15, -0.1) is 11.8 Å². The second kappa shape index (κ2) is 5.57. The van der Waals surface area contributed by atoms with Crippen molar-refractivity contribution in [1.29, 1.82) is 0 Å². The van der Waals surface area contributed by atoms with Crippen LogP contribution >= 0.6 is 23.4 Å². The maximum absolute atomic E-state index is 5.60. The number of hydrogen-bond acceptors (Lipinski definition) is 2. The van der Waals surface area contributed by atoms with Gasteiger partial charge in [0.2, 0.25) is 0 Å². The second-order valence-electron chi connectivity index (χ2n) is 1.53. The fourth-order valence-corrected chi connectivity index (χ4v) is 1.04. The Bertz CT molecular complexity index is 172. The second-order valence-corrected chi connectivity index (χ2v) is 2.78. The van der Waals surface area contributed by atoms with Crippen LogP contribution in [0.3, 0.4) is 0 Å². The molecule has 0 amide bonds. The van der Waals surface area contributed by atoms with Gasteiger partial charge < -0.3 is 0 Å². The van der Waals surface area contributed by atoms with E-state index >= 15 is 0 Å². The van der Waals surface area contributed by atoms with Crippen molar-refractivity contribution in [3.8, 4) is 0 Å². The van der Waals surface area contributed by atoms with E-state index in [1.54, 1.807) is 6.20 Å². The molecular formula is C7H10ClNS. The molecule has 0 saturated heterocycles. The van der Waals surface area contributed by atoms with Gasteiger partial charge in [0.25, 0.3) is 0 Å². The van der Waals surface area contributed by atoms with E-state index in [0.717, 1.165) is 5.04 Å². The summed E-state index contributed by atoms with van der Waals surface area (Å²) in [4.78, 5) is 4.03. The highest BCUT2D eigenvalue weighted by molar-refractivity contribution is 8.14. The number of nitrogens with zero attached hydrogens (tertiary/aromatic N) is 1. The van der Waals surface area contributed by atoms with E-state index in [9.17, 15) is 0 Å². The summed E-state index contributed by atoms with van der Waals surface area (Å²) in [6.07, 6.45) is 5.45. The van der Waals surface area contributed by atoms with Crippen molar-refractivity contribution in [2.75, 3.05) is 6.26 Å². The fourth-order valence-electron chi connectivity index (χ4n) is 0.376. The Morgan fingerprint density at radius 2 is 2.30 bits per heavy atom. The van der Waals surface area contributed by atoms with Crippen LogP contribution in [-0.2, 0) is 0 Å². The number of allylic oxidation sites excluding steroid dienone is 1. The summed E-state index contributed by atoms with van der Waals surface area (Å²) in [6, 6.07) is 0. The topological polar surface area (TPSA) is 12.4 Å². The molecule has 10 heavy (non-hydrogen) atoms. The van der Waals surface area contributed by atoms with Crippen molar-refractivity contribution in [1.82, 2.24) is 0 Å². The van der Waals surface area contributed by atoms with Crippen LogP contribution in [0.5, 0.6) is 0 Å². The molecule has 0 rings (SSSR count). The molecule has 0 aliphatic heterocycles. The average molecular weight is 176 g/mol. The molecule has 1 nitrogen and oxygen atoms in total. The molecule has 0 aromatic carbocycles. The first-order valence-electron chi connectivity index (χ1n) is 2.80. The van der Waals surface area contributed by atoms with Crippen LogP contribution in [0.15, 0.2) is 28.9 Å². The van der Waals surface area contributed by atoms with Crippen LogP contribution < -0.4 is 0 Å². The molecule has 0 bridgehead atoms. The summed E-state index contributed by atoms with van der Waals surface area (Å²) in [6.45, 7) is 5.46. The van der Waals surface area contributed by atoms with Crippen LogP contribution in [0.1, 0.15) is 6.92 Å². The summed E-state index contributed by atoms with van der Waals surface area (Å²) in [5, 5.41) is 1.25. The smallest absolute Gasteiger partial charge is 0.114 e. The zero-order valence-electron chi connectivity index (χ0n) is 6.10. The minimum atomic E-state index is 0.491. The molecule has 0 spiro atoms. The molecule has 0 atom stereocenters. The molecule has 0 aliphatic carbocycles. The molecule has 0 aliphatic rings. The van der Waals surface area contributed by atoms with E-state index < -0.39 is 0 Å². The van der Waals surface area contributed by atoms with E-state index in [2.05, 4.69) is 11.6 Å². The number of thioether (sulfide) groups is 1. The van der Waals surface area contributed by atoms with Crippen LogP contribution in [0.25, 0.3) is 0 Å². The van der Waals surface area contributed by atoms with E-state index in [-0.39, 0.29) is 0 Å². The van der Waals surface area contributed by atoms with Gasteiger partial charge in [-0.3, -0.25) is 0 Å². The minimum absolute atomic E-state index is 0.491. The van der Waals surface area contributed by atoms with Gasteiger partial charge in [-0.05, 0) is 13.2 Å². The maximum Gasteiger partial charge on any atom is 0.114 e. The highest BCUT2D eigenvalue weighted by atomic mass is 35.5. The Hall–Kier alpha value is -0.210. The summed E-state index contributed by atoms with van der Waals surface area (Å²) in [5.74, 6) is 0. The minimum Gasteiger partial charge on any atom is -0.249 e. The zero-order chi connectivity index (χ0) is 7.98. The van der Waals surface area contributed by atoms with Gasteiger partial charge in [-0.1, -0.05) is 24.3 Å². The molecule has 3 heteroatoms. The highest BCUT2D eigenvalue weighted by Crippen LogP contribution is 2.11. The van der Waals surface area contributed by atoms with Gasteiger partial charge in [0, 0.05) is 6.20 Å². The number of rotatable bonds is 2. The Kier molecular flexibility index (Phi) is 5.45. The Morgan fingerprint density at radius 3 is 2.60 bits per heavy atom. The van der Waals surface area contributed by atoms with Gasteiger partial charge in [0.05, 0.1) is 5.03 Å². The lowest BCUT2D eigenvalue weighted by atomic mass is 10.6. The Labute approximate surface area is 70.9 Å². The van der Waals surface area contributed by atoms with Crippen molar-refractivity contribution in [2.24, 2.45) is 4.99 Å². The standard InChI is InChI=1S/C7H10ClNS/c1-4-5-9-7(10-3)6(2)8/h4-5H,2H2,1,3H3/b5-4-,9-7?. The monoisotopic (exact) mass is 175 g/mol. The number of aliphatic imine (C=N–C) groups is 1. The first-order chi connectivity index (χ1) is 4.72. The normalized spacial score (nSPS) is 12.5. The maximum atomic E-state index is 5.60. The van der Waals surface area contributed by atoms with Gasteiger partial charge in [0.1, 0.15) is 5.04 Å². The first kappa shape index (κ1) is 9.79. The van der Waals surface area contributed by atoms with Crippen molar-refractivity contribution < 1.29 is 0 Å². The van der Waals surface area contributed by atoms with Crippen LogP contribution in [0.4, 0.5) is 0 Å². The van der Waals surface area contributed by atoms with E-state index in [1.165, 1.54) is 11.8 Å². The van der Waals surface area contributed by atoms with Crippen molar-refractivity contribution >= 4 is 28.4 Å². The summed E-state index contributed by atoms with van der Waals surface area (Å²) < 4.78 is 0. The quantitative estimate of drug-likeness (QED) is 0.464. The highest BCUT2D eigenvalue weighted by Gasteiger charge is 1.95. The van der Waals surface area contributed by atoms with Crippen molar-refractivity contribution in [2.45, 2.75) is 6.92 Å². The Morgan fingerprint density at radius 1 is 1.70 bits per heavy atom. The van der Waals surface area contributed by atoms with Gasteiger partial charge >= 0.3 is 0 Å². The van der Waals surface area contributed by atoms with Gasteiger partial charge in [-0.2, -0.15) is 0 Å². The number of halogens is 1. The van der Waals surface area contributed by atoms with Gasteiger partial charge in [0.15, 0.2) is 0 Å². The molecule has 0 aromatic rings. The van der Waals surface area contributed by atoms with Gasteiger partial charge in [-0.25, -0.2) is 4.99 Å². The molecule has 0 heterocycles. The Balaban J connectivity index is 4.18. The SMILES string of the molecule is C=C(Cl)C(=N/C=C\C)SC. The molecule has 56 valence electrons.